The van der Waals surface area contributed by atoms with Gasteiger partial charge in [-0.1, -0.05) is 13.0 Å². The zero-order valence-corrected chi connectivity index (χ0v) is 8.79. The summed E-state index contributed by atoms with van der Waals surface area (Å²) in [6.07, 6.45) is 3.74. The van der Waals surface area contributed by atoms with Crippen molar-refractivity contribution in [3.8, 4) is 0 Å². The van der Waals surface area contributed by atoms with Gasteiger partial charge in [-0.25, -0.2) is 4.79 Å². The Morgan fingerprint density at radius 2 is 2.13 bits per heavy atom. The number of carboxylic acids is 1. The summed E-state index contributed by atoms with van der Waals surface area (Å²) in [6.45, 7) is 3.52. The molecule has 15 heavy (non-hydrogen) atoms. The van der Waals surface area contributed by atoms with E-state index in [2.05, 4.69) is 0 Å². The highest BCUT2D eigenvalue weighted by atomic mass is 16.4. The third-order valence-electron chi connectivity index (χ3n) is 2.42. The third-order valence-corrected chi connectivity index (χ3v) is 2.42. The van der Waals surface area contributed by atoms with Crippen LogP contribution in [0.1, 0.15) is 20.3 Å². The quantitative estimate of drug-likeness (QED) is 0.641. The van der Waals surface area contributed by atoms with Gasteiger partial charge in [-0.3, -0.25) is 5.41 Å². The molecule has 0 radical (unpaired) electrons. The van der Waals surface area contributed by atoms with Crippen LogP contribution < -0.4 is 5.73 Å². The Kier molecular flexibility index (Phi) is 3.09. The smallest absolute Gasteiger partial charge is 0.336 e. The van der Waals surface area contributed by atoms with Crippen molar-refractivity contribution in [2.24, 2.45) is 5.73 Å². The highest BCUT2D eigenvalue weighted by molar-refractivity contribution is 6.17. The molecular weight excluding hydrogens is 192 g/mol. The summed E-state index contributed by atoms with van der Waals surface area (Å²) in [7, 11) is 0. The molecule has 1 aliphatic carbocycles. The van der Waals surface area contributed by atoms with Gasteiger partial charge in [-0.15, -0.1) is 0 Å². The molecule has 0 aromatic carbocycles. The first kappa shape index (κ1) is 11.2. The van der Waals surface area contributed by atoms with E-state index in [0.717, 1.165) is 0 Å². The molecule has 0 aromatic heterocycles. The predicted octanol–water partition coefficient (Wildman–Crippen LogP) is 1.60. The minimum atomic E-state index is -1.01. The van der Waals surface area contributed by atoms with Gasteiger partial charge in [0.05, 0.1) is 11.3 Å². The Morgan fingerprint density at radius 3 is 2.60 bits per heavy atom. The van der Waals surface area contributed by atoms with E-state index in [1.165, 1.54) is 6.08 Å². The first-order valence-electron chi connectivity index (χ1n) is 4.69. The molecule has 4 N–H and O–H groups in total. The summed E-state index contributed by atoms with van der Waals surface area (Å²) in [6, 6.07) is 0. The van der Waals surface area contributed by atoms with Crippen molar-refractivity contribution < 1.29 is 9.90 Å². The van der Waals surface area contributed by atoms with Crippen LogP contribution >= 0.6 is 0 Å². The van der Waals surface area contributed by atoms with Crippen molar-refractivity contribution >= 4 is 11.7 Å². The van der Waals surface area contributed by atoms with Crippen LogP contribution in [-0.2, 0) is 4.79 Å². The van der Waals surface area contributed by atoms with Crippen molar-refractivity contribution in [3.63, 3.8) is 0 Å². The van der Waals surface area contributed by atoms with E-state index >= 15 is 0 Å². The molecule has 4 nitrogen and oxygen atoms in total. The molecule has 0 aliphatic heterocycles. The second-order valence-corrected chi connectivity index (χ2v) is 3.34. The first-order chi connectivity index (χ1) is 6.99. The van der Waals surface area contributed by atoms with Crippen molar-refractivity contribution in [1.29, 1.82) is 5.41 Å². The van der Waals surface area contributed by atoms with Gasteiger partial charge in [0, 0.05) is 11.3 Å². The molecule has 0 unspecified atom stereocenters. The van der Waals surface area contributed by atoms with Crippen molar-refractivity contribution in [3.05, 3.63) is 34.6 Å². The highest BCUT2D eigenvalue weighted by Crippen LogP contribution is 2.22. The van der Waals surface area contributed by atoms with Crippen LogP contribution in [0, 0.1) is 5.41 Å². The molecule has 0 atom stereocenters. The maximum Gasteiger partial charge on any atom is 0.336 e. The molecule has 0 heterocycles. The zero-order valence-electron chi connectivity index (χ0n) is 8.79. The van der Waals surface area contributed by atoms with E-state index in [-0.39, 0.29) is 11.3 Å². The normalized spacial score (nSPS) is 19.5. The monoisotopic (exact) mass is 206 g/mol. The standard InChI is InChI=1S/C11H14N2O2/c1-3-9(12)8-5-4-7(11(14)15)6(2)10(8)13/h4-5,13H,3,12H2,1-2H3,(H,14,15)/b9-8-,13-10?. The molecule has 80 valence electrons. The molecule has 4 heteroatoms. The maximum absolute atomic E-state index is 10.8. The number of allylic oxidation sites excluding steroid dienone is 4. The lowest BCUT2D eigenvalue weighted by Gasteiger charge is -2.15. The molecule has 0 saturated carbocycles. The van der Waals surface area contributed by atoms with E-state index < -0.39 is 5.97 Å². The second kappa shape index (κ2) is 4.13. The molecule has 1 rings (SSSR count). The van der Waals surface area contributed by atoms with Gasteiger partial charge in [0.15, 0.2) is 0 Å². The van der Waals surface area contributed by atoms with Gasteiger partial charge in [0.1, 0.15) is 0 Å². The molecular formula is C11H14N2O2. The van der Waals surface area contributed by atoms with Gasteiger partial charge in [-0.2, -0.15) is 0 Å². The summed E-state index contributed by atoms with van der Waals surface area (Å²) in [5.74, 6) is -1.01. The number of hydrogen-bond donors (Lipinski definition) is 3. The molecule has 0 bridgehead atoms. The van der Waals surface area contributed by atoms with Crippen molar-refractivity contribution in [2.75, 3.05) is 0 Å². The minimum Gasteiger partial charge on any atom is -0.478 e. The zero-order chi connectivity index (χ0) is 11.6. The van der Waals surface area contributed by atoms with E-state index in [4.69, 9.17) is 16.2 Å². The topological polar surface area (TPSA) is 87.2 Å². The molecule has 1 aliphatic rings. The van der Waals surface area contributed by atoms with Gasteiger partial charge < -0.3 is 10.8 Å². The van der Waals surface area contributed by atoms with Gasteiger partial charge in [0.25, 0.3) is 0 Å². The number of carbonyl (C=O) groups is 1. The highest BCUT2D eigenvalue weighted by Gasteiger charge is 2.19. The molecule has 0 fully saturated rings. The molecule has 0 aromatic rings. The fourth-order valence-corrected chi connectivity index (χ4v) is 1.40. The van der Waals surface area contributed by atoms with Crippen LogP contribution in [0.25, 0.3) is 0 Å². The first-order valence-corrected chi connectivity index (χ1v) is 4.69. The van der Waals surface area contributed by atoms with Crippen molar-refractivity contribution in [2.45, 2.75) is 20.3 Å². The summed E-state index contributed by atoms with van der Waals surface area (Å²) >= 11 is 0. The van der Waals surface area contributed by atoms with Crippen LogP contribution in [0.4, 0.5) is 0 Å². The van der Waals surface area contributed by atoms with E-state index in [1.807, 2.05) is 6.92 Å². The Labute approximate surface area is 88.3 Å². The number of aliphatic carboxylic acids is 1. The van der Waals surface area contributed by atoms with Crippen molar-refractivity contribution in [1.82, 2.24) is 0 Å². The Hall–Kier alpha value is -1.84. The average molecular weight is 206 g/mol. The number of nitrogens with two attached hydrogens (primary N) is 1. The largest absolute Gasteiger partial charge is 0.478 e. The van der Waals surface area contributed by atoms with Gasteiger partial charge >= 0.3 is 5.97 Å². The lowest BCUT2D eigenvalue weighted by atomic mass is 9.91. The minimum absolute atomic E-state index is 0.160. The number of hydrogen-bond acceptors (Lipinski definition) is 3. The van der Waals surface area contributed by atoms with E-state index in [9.17, 15) is 4.79 Å². The fraction of sp³-hybridized carbons (Fsp3) is 0.273. The Morgan fingerprint density at radius 1 is 1.53 bits per heavy atom. The fourth-order valence-electron chi connectivity index (χ4n) is 1.40. The van der Waals surface area contributed by atoms with Gasteiger partial charge in [-0.05, 0) is 25.0 Å². The number of rotatable bonds is 2. The SMILES string of the molecule is CC/C(N)=C1\C=CC(C(=O)O)=C(C)C1=N. The Bertz CT molecular complexity index is 414. The summed E-state index contributed by atoms with van der Waals surface area (Å²) in [5.41, 5.74) is 7.79. The maximum atomic E-state index is 10.8. The average Bonchev–Trinajstić information content (AvgIpc) is 2.20. The van der Waals surface area contributed by atoms with Crippen LogP contribution in [-0.4, -0.2) is 16.8 Å². The number of nitrogens with one attached hydrogen (secondary N) is 1. The van der Waals surface area contributed by atoms with Crippen LogP contribution in [0.3, 0.4) is 0 Å². The Balaban J connectivity index is 3.22. The lowest BCUT2D eigenvalue weighted by Crippen LogP contribution is -2.16. The second-order valence-electron chi connectivity index (χ2n) is 3.34. The van der Waals surface area contributed by atoms with Crippen LogP contribution in [0.5, 0.6) is 0 Å². The predicted molar refractivity (Wildman–Crippen MR) is 58.7 cm³/mol. The molecule has 0 saturated heterocycles. The van der Waals surface area contributed by atoms with Crippen LogP contribution in [0.15, 0.2) is 34.6 Å². The van der Waals surface area contributed by atoms with E-state index in [1.54, 1.807) is 13.0 Å². The van der Waals surface area contributed by atoms with E-state index in [0.29, 0.717) is 23.3 Å². The molecule has 0 spiro atoms. The summed E-state index contributed by atoms with van der Waals surface area (Å²) in [4.78, 5) is 10.8. The summed E-state index contributed by atoms with van der Waals surface area (Å²) in [5, 5.41) is 16.7. The lowest BCUT2D eigenvalue weighted by molar-refractivity contribution is -0.132. The third kappa shape index (κ3) is 1.98. The van der Waals surface area contributed by atoms with Crippen LogP contribution in [0.2, 0.25) is 0 Å². The van der Waals surface area contributed by atoms with Gasteiger partial charge in [0.2, 0.25) is 0 Å². The number of carboxylic acid groups (broad SMARTS) is 1. The summed E-state index contributed by atoms with van der Waals surface area (Å²) < 4.78 is 0. The molecule has 0 amide bonds.